The number of thiophene rings is 1. The Morgan fingerprint density at radius 3 is 1.01 bits per heavy atom. The second-order valence-corrected chi connectivity index (χ2v) is 24.2. The summed E-state index contributed by atoms with van der Waals surface area (Å²) in [5.41, 5.74) is 17.1. The summed E-state index contributed by atoms with van der Waals surface area (Å²) in [4.78, 5) is 29.8. The third kappa shape index (κ3) is 9.47. The highest BCUT2D eigenvalue weighted by molar-refractivity contribution is 7.26. The van der Waals surface area contributed by atoms with Crippen LogP contribution in [0.1, 0.15) is 0 Å². The highest BCUT2D eigenvalue weighted by atomic mass is 32.1. The van der Waals surface area contributed by atoms with Gasteiger partial charge in [0, 0.05) is 97.0 Å². The molecule has 0 unspecified atom stereocenters. The summed E-state index contributed by atoms with van der Waals surface area (Å²) in [5, 5.41) is 8.84. The second kappa shape index (κ2) is 22.8. The van der Waals surface area contributed by atoms with Gasteiger partial charge in [0.1, 0.15) is 33.5 Å². The van der Waals surface area contributed by atoms with E-state index < -0.39 is 0 Å². The zero-order chi connectivity index (χ0) is 62.1. The Hall–Kier alpha value is -12.5. The molecule has 0 bridgehead atoms. The molecule has 0 spiro atoms. The molecule has 10 heteroatoms. The minimum Gasteiger partial charge on any atom is -0.456 e. The SMILES string of the molecule is c1ccc(-c2nc(-c3ccccc3)nc(-c3cccc4c3oc3c(-c5cccc6c5oc5c(-c7ccccc7)cccc56)cccc34)n2)cc1.c1ccc(-c2nc(-c3ccccc3)nc(-c3cccc4c3sc3c(-c5ccc6oc7ccccc7c6c5)cccc34)n2)cc1. The first-order chi connectivity index (χ1) is 46.6. The molecule has 6 heterocycles. The number of rotatable bonds is 9. The van der Waals surface area contributed by atoms with Crippen molar-refractivity contribution in [3.63, 3.8) is 0 Å². The van der Waals surface area contributed by atoms with Crippen molar-refractivity contribution < 1.29 is 13.3 Å². The maximum Gasteiger partial charge on any atom is 0.167 e. The van der Waals surface area contributed by atoms with Crippen molar-refractivity contribution in [1.29, 1.82) is 0 Å². The van der Waals surface area contributed by atoms with Crippen molar-refractivity contribution in [2.75, 3.05) is 0 Å². The summed E-state index contributed by atoms with van der Waals surface area (Å²) in [6.07, 6.45) is 0. The van der Waals surface area contributed by atoms with Crippen LogP contribution in [-0.4, -0.2) is 29.9 Å². The summed E-state index contributed by atoms with van der Waals surface area (Å²) < 4.78 is 22.2. The predicted molar refractivity (Wildman–Crippen MR) is 383 cm³/mol. The van der Waals surface area contributed by atoms with E-state index in [0.717, 1.165) is 126 Å². The minimum absolute atomic E-state index is 0.553. The van der Waals surface area contributed by atoms with Crippen LogP contribution in [0.15, 0.2) is 317 Å². The van der Waals surface area contributed by atoms with Crippen LogP contribution in [0.2, 0.25) is 0 Å². The molecule has 6 aromatic heterocycles. The van der Waals surface area contributed by atoms with Crippen LogP contribution in [0.3, 0.4) is 0 Å². The Bertz CT molecular complexity index is 5990. The molecule has 9 nitrogen and oxygen atoms in total. The van der Waals surface area contributed by atoms with Crippen LogP contribution in [0.5, 0.6) is 0 Å². The lowest BCUT2D eigenvalue weighted by Crippen LogP contribution is -2.00. The molecule has 0 amide bonds. The van der Waals surface area contributed by atoms with Gasteiger partial charge in [0.25, 0.3) is 0 Å². The summed E-state index contributed by atoms with van der Waals surface area (Å²) in [6.45, 7) is 0. The van der Waals surface area contributed by atoms with Gasteiger partial charge in [-0.05, 0) is 47.0 Å². The van der Waals surface area contributed by atoms with Crippen molar-refractivity contribution in [3.8, 4) is 102 Å². The Labute approximate surface area is 542 Å². The van der Waals surface area contributed by atoms with E-state index >= 15 is 0 Å². The molecule has 0 N–H and O–H groups in total. The molecule has 0 saturated carbocycles. The lowest BCUT2D eigenvalue weighted by Gasteiger charge is -2.09. The fourth-order valence-corrected chi connectivity index (χ4v) is 14.4. The minimum atomic E-state index is 0.553. The first-order valence-corrected chi connectivity index (χ1v) is 32.0. The molecule has 0 saturated heterocycles. The van der Waals surface area contributed by atoms with Gasteiger partial charge in [0.05, 0.1) is 5.56 Å². The molecule has 0 aliphatic heterocycles. The van der Waals surface area contributed by atoms with E-state index in [2.05, 4.69) is 152 Å². The van der Waals surface area contributed by atoms with Gasteiger partial charge in [-0.2, -0.15) is 0 Å². The fraction of sp³-hybridized carbons (Fsp3) is 0. The molecule has 13 aromatic carbocycles. The Kier molecular flexibility index (Phi) is 13.2. The van der Waals surface area contributed by atoms with Crippen molar-refractivity contribution in [2.45, 2.75) is 0 Å². The standard InChI is InChI=1S/C45H27N3O2.C39H23N3OS/c1-4-14-28(15-5-1)31-20-10-21-32-33-22-11-23-34(40(33)49-39(31)32)35-24-12-25-36-37-26-13-27-38(42(37)50-41(35)36)45-47-43(29-16-6-2-7-17-29)46-44(48-45)30-18-8-3-9-19-30;1-3-11-24(12-4-1)37-40-38(25-13-5-2-6-14-25)42-39(41-37)31-19-10-18-30-29-17-9-16-27(35(29)44-36(30)31)26-21-22-34-32(23-26)28-15-7-8-20-33(28)43-34/h1-27H;1-23H. The third-order valence-electron chi connectivity index (χ3n) is 17.5. The summed E-state index contributed by atoms with van der Waals surface area (Å²) in [7, 11) is 0. The molecule has 19 aromatic rings. The topological polar surface area (TPSA) is 117 Å². The third-order valence-corrected chi connectivity index (χ3v) is 18.8. The van der Waals surface area contributed by atoms with E-state index in [-0.39, 0.29) is 0 Å². The highest BCUT2D eigenvalue weighted by Crippen LogP contribution is 2.47. The number of aromatic nitrogens is 6. The Morgan fingerprint density at radius 2 is 0.521 bits per heavy atom. The second-order valence-electron chi connectivity index (χ2n) is 23.2. The van der Waals surface area contributed by atoms with Gasteiger partial charge < -0.3 is 13.3 Å². The monoisotopic (exact) mass is 1220 g/mol. The Morgan fingerprint density at radius 1 is 0.191 bits per heavy atom. The quantitative estimate of drug-likeness (QED) is 0.139. The molecule has 0 aliphatic carbocycles. The number of hydrogen-bond donors (Lipinski definition) is 0. The number of hydrogen-bond acceptors (Lipinski definition) is 10. The lowest BCUT2D eigenvalue weighted by atomic mass is 9.99. The van der Waals surface area contributed by atoms with Crippen LogP contribution in [0.4, 0.5) is 0 Å². The molecule has 0 radical (unpaired) electrons. The zero-order valence-corrected chi connectivity index (χ0v) is 51.0. The molecular formula is C84H50N6O3S. The van der Waals surface area contributed by atoms with Crippen LogP contribution >= 0.6 is 11.3 Å². The van der Waals surface area contributed by atoms with Crippen molar-refractivity contribution >= 4 is 97.3 Å². The van der Waals surface area contributed by atoms with Crippen molar-refractivity contribution in [1.82, 2.24) is 29.9 Å². The van der Waals surface area contributed by atoms with Crippen LogP contribution in [0, 0.1) is 0 Å². The van der Waals surface area contributed by atoms with Gasteiger partial charge in [-0.15, -0.1) is 11.3 Å². The number of fused-ring (bicyclic) bond motifs is 12. The lowest BCUT2D eigenvalue weighted by molar-refractivity contribution is 0.666. The van der Waals surface area contributed by atoms with Gasteiger partial charge in [0.2, 0.25) is 0 Å². The van der Waals surface area contributed by atoms with Gasteiger partial charge in [-0.25, -0.2) is 29.9 Å². The molecule has 94 heavy (non-hydrogen) atoms. The summed E-state index contributed by atoms with van der Waals surface area (Å²) in [5.74, 6) is 3.76. The number of benzene rings is 13. The number of nitrogens with zero attached hydrogens (tertiary/aromatic N) is 6. The largest absolute Gasteiger partial charge is 0.456 e. The highest BCUT2D eigenvalue weighted by Gasteiger charge is 2.24. The van der Waals surface area contributed by atoms with E-state index in [9.17, 15) is 0 Å². The van der Waals surface area contributed by atoms with Gasteiger partial charge in [0.15, 0.2) is 34.9 Å². The van der Waals surface area contributed by atoms with Crippen molar-refractivity contribution in [2.24, 2.45) is 0 Å². The first-order valence-electron chi connectivity index (χ1n) is 31.1. The fourth-order valence-electron chi connectivity index (χ4n) is 13.1. The van der Waals surface area contributed by atoms with E-state index in [4.69, 9.17) is 43.2 Å². The van der Waals surface area contributed by atoms with Crippen LogP contribution in [0.25, 0.3) is 188 Å². The van der Waals surface area contributed by atoms with Gasteiger partial charge in [-0.1, -0.05) is 273 Å². The van der Waals surface area contributed by atoms with E-state index in [1.165, 1.54) is 26.6 Å². The molecule has 0 atom stereocenters. The normalized spacial score (nSPS) is 11.6. The predicted octanol–water partition coefficient (Wildman–Crippen LogP) is 22.8. The molecule has 0 fully saturated rings. The summed E-state index contributed by atoms with van der Waals surface area (Å²) >= 11 is 1.80. The number of para-hydroxylation sites is 5. The van der Waals surface area contributed by atoms with E-state index in [1.807, 2.05) is 152 Å². The van der Waals surface area contributed by atoms with Crippen LogP contribution < -0.4 is 0 Å². The first kappa shape index (κ1) is 54.4. The smallest absolute Gasteiger partial charge is 0.167 e. The summed E-state index contributed by atoms with van der Waals surface area (Å²) in [6, 6.07) is 104. The molecule has 0 aliphatic rings. The van der Waals surface area contributed by atoms with Crippen LogP contribution in [-0.2, 0) is 0 Å². The van der Waals surface area contributed by atoms with E-state index in [0.29, 0.717) is 34.9 Å². The average Bonchev–Trinajstić information content (AvgIpc) is 1.58. The number of furan rings is 3. The van der Waals surface area contributed by atoms with Gasteiger partial charge in [-0.3, -0.25) is 0 Å². The molecule has 440 valence electrons. The Balaban J connectivity index is 0.000000139. The molecular weight excluding hydrogens is 1170 g/mol. The van der Waals surface area contributed by atoms with Crippen molar-refractivity contribution in [3.05, 3.63) is 303 Å². The maximum atomic E-state index is 6.89. The average molecular weight is 1220 g/mol. The zero-order valence-electron chi connectivity index (χ0n) is 50.2. The van der Waals surface area contributed by atoms with E-state index in [1.54, 1.807) is 11.3 Å². The molecule has 19 rings (SSSR count). The maximum absolute atomic E-state index is 6.89. The van der Waals surface area contributed by atoms with Gasteiger partial charge >= 0.3 is 0 Å².